The Hall–Kier alpha value is -3.08. The van der Waals surface area contributed by atoms with Gasteiger partial charge in [0.1, 0.15) is 23.9 Å². The number of rotatable bonds is 7. The second kappa shape index (κ2) is 7.87. The van der Waals surface area contributed by atoms with E-state index in [-0.39, 0.29) is 18.8 Å². The highest BCUT2D eigenvalue weighted by Crippen LogP contribution is 2.29. The first-order valence-electron chi connectivity index (χ1n) is 8.32. The van der Waals surface area contributed by atoms with Gasteiger partial charge in [-0.3, -0.25) is 9.78 Å². The SMILES string of the molecule is COc1ccc2nc(C)cc(OCC(=O)Cc3ccccc3OC)c2c1. The number of aromatic nitrogens is 1. The predicted octanol–water partition coefficient (Wildman–Crippen LogP) is 3.75. The number of pyridine rings is 1. The second-order valence-corrected chi connectivity index (χ2v) is 5.96. The number of nitrogens with zero attached hydrogens (tertiary/aromatic N) is 1. The molecule has 5 heteroatoms. The van der Waals surface area contributed by atoms with E-state index in [0.717, 1.165) is 22.2 Å². The first-order chi connectivity index (χ1) is 12.6. The zero-order chi connectivity index (χ0) is 18.5. The van der Waals surface area contributed by atoms with Crippen LogP contribution in [0.15, 0.2) is 48.5 Å². The van der Waals surface area contributed by atoms with Gasteiger partial charge in [-0.05, 0) is 31.2 Å². The zero-order valence-corrected chi connectivity index (χ0v) is 15.1. The maximum absolute atomic E-state index is 12.4. The number of Topliss-reactive ketones (excluding diaryl/α,β-unsaturated/α-hetero) is 1. The topological polar surface area (TPSA) is 57.7 Å². The lowest BCUT2D eigenvalue weighted by Crippen LogP contribution is -2.14. The summed E-state index contributed by atoms with van der Waals surface area (Å²) < 4.78 is 16.4. The summed E-state index contributed by atoms with van der Waals surface area (Å²) >= 11 is 0. The number of ketones is 1. The van der Waals surface area contributed by atoms with Crippen LogP contribution in [0.25, 0.3) is 10.9 Å². The molecule has 5 nitrogen and oxygen atoms in total. The lowest BCUT2D eigenvalue weighted by atomic mass is 10.1. The summed E-state index contributed by atoms with van der Waals surface area (Å²) in [5, 5.41) is 0.819. The van der Waals surface area contributed by atoms with Crippen molar-refractivity contribution in [3.63, 3.8) is 0 Å². The highest BCUT2D eigenvalue weighted by molar-refractivity contribution is 5.88. The third kappa shape index (κ3) is 3.94. The number of benzene rings is 2. The normalized spacial score (nSPS) is 10.6. The lowest BCUT2D eigenvalue weighted by Gasteiger charge is -2.12. The maximum atomic E-state index is 12.4. The van der Waals surface area contributed by atoms with Crippen molar-refractivity contribution in [2.24, 2.45) is 0 Å². The van der Waals surface area contributed by atoms with Crippen LogP contribution >= 0.6 is 0 Å². The van der Waals surface area contributed by atoms with Crippen LogP contribution < -0.4 is 14.2 Å². The van der Waals surface area contributed by atoms with E-state index in [1.54, 1.807) is 14.2 Å². The Balaban J connectivity index is 1.77. The van der Waals surface area contributed by atoms with Gasteiger partial charge in [0.05, 0.1) is 19.7 Å². The summed E-state index contributed by atoms with van der Waals surface area (Å²) in [4.78, 5) is 16.9. The molecule has 134 valence electrons. The van der Waals surface area contributed by atoms with Crippen LogP contribution in [0.1, 0.15) is 11.3 Å². The van der Waals surface area contributed by atoms with E-state index in [1.165, 1.54) is 0 Å². The number of aryl methyl sites for hydroxylation is 1. The molecule has 0 unspecified atom stereocenters. The third-order valence-electron chi connectivity index (χ3n) is 4.07. The van der Waals surface area contributed by atoms with Crippen LogP contribution in [0.4, 0.5) is 0 Å². The third-order valence-corrected chi connectivity index (χ3v) is 4.07. The summed E-state index contributed by atoms with van der Waals surface area (Å²) in [7, 11) is 3.21. The van der Waals surface area contributed by atoms with E-state index in [9.17, 15) is 4.79 Å². The number of para-hydroxylation sites is 1. The summed E-state index contributed by atoms with van der Waals surface area (Å²) in [6.45, 7) is 1.88. The van der Waals surface area contributed by atoms with Crippen molar-refractivity contribution in [1.82, 2.24) is 4.98 Å². The Morgan fingerprint density at radius 1 is 1.00 bits per heavy atom. The van der Waals surface area contributed by atoms with Crippen LogP contribution in [0.3, 0.4) is 0 Å². The lowest BCUT2D eigenvalue weighted by molar-refractivity contribution is -0.120. The minimum atomic E-state index is -0.0278. The van der Waals surface area contributed by atoms with Crippen LogP contribution in [-0.4, -0.2) is 31.6 Å². The largest absolute Gasteiger partial charge is 0.497 e. The molecule has 0 radical (unpaired) electrons. The Kier molecular flexibility index (Phi) is 5.37. The average Bonchev–Trinajstić information content (AvgIpc) is 2.66. The smallest absolute Gasteiger partial charge is 0.174 e. The monoisotopic (exact) mass is 351 g/mol. The van der Waals surface area contributed by atoms with Gasteiger partial charge >= 0.3 is 0 Å². The molecule has 1 aromatic heterocycles. The van der Waals surface area contributed by atoms with Crippen molar-refractivity contribution < 1.29 is 19.0 Å². The van der Waals surface area contributed by atoms with Crippen LogP contribution in [0.2, 0.25) is 0 Å². The van der Waals surface area contributed by atoms with Crippen molar-refractivity contribution in [3.05, 3.63) is 59.8 Å². The molecule has 0 fully saturated rings. The fourth-order valence-corrected chi connectivity index (χ4v) is 2.82. The minimum Gasteiger partial charge on any atom is -0.497 e. The Morgan fingerprint density at radius 3 is 2.58 bits per heavy atom. The quantitative estimate of drug-likeness (QED) is 0.649. The van der Waals surface area contributed by atoms with Gasteiger partial charge in [0.25, 0.3) is 0 Å². The molecule has 0 spiro atoms. The van der Waals surface area contributed by atoms with E-state index in [1.807, 2.05) is 55.5 Å². The fourth-order valence-electron chi connectivity index (χ4n) is 2.82. The number of carbonyl (C=O) groups is 1. The average molecular weight is 351 g/mol. The van der Waals surface area contributed by atoms with Crippen molar-refractivity contribution >= 4 is 16.7 Å². The Morgan fingerprint density at radius 2 is 1.81 bits per heavy atom. The van der Waals surface area contributed by atoms with Gasteiger partial charge in [-0.15, -0.1) is 0 Å². The predicted molar refractivity (Wildman–Crippen MR) is 100 cm³/mol. The van der Waals surface area contributed by atoms with Crippen molar-refractivity contribution in [1.29, 1.82) is 0 Å². The molecule has 0 aliphatic heterocycles. The van der Waals surface area contributed by atoms with E-state index in [2.05, 4.69) is 4.98 Å². The standard InChI is InChI=1S/C21H21NO4/c1-14-10-21(18-12-17(24-2)8-9-19(18)22-14)26-13-16(23)11-15-6-4-5-7-20(15)25-3/h4-10,12H,11,13H2,1-3H3. The van der Waals surface area contributed by atoms with Gasteiger partial charge < -0.3 is 14.2 Å². The second-order valence-electron chi connectivity index (χ2n) is 5.96. The molecule has 0 amide bonds. The highest BCUT2D eigenvalue weighted by atomic mass is 16.5. The van der Waals surface area contributed by atoms with Gasteiger partial charge in [0.15, 0.2) is 5.78 Å². The first-order valence-corrected chi connectivity index (χ1v) is 8.32. The van der Waals surface area contributed by atoms with Gasteiger partial charge in [-0.1, -0.05) is 18.2 Å². The number of methoxy groups -OCH3 is 2. The molecule has 0 atom stereocenters. The van der Waals surface area contributed by atoms with Gasteiger partial charge in [0.2, 0.25) is 0 Å². The van der Waals surface area contributed by atoms with Gasteiger partial charge in [0, 0.05) is 29.1 Å². The molecule has 0 aliphatic carbocycles. The molecular weight excluding hydrogens is 330 g/mol. The molecular formula is C21H21NO4. The molecule has 3 aromatic rings. The van der Waals surface area contributed by atoms with Crippen LogP contribution in [-0.2, 0) is 11.2 Å². The van der Waals surface area contributed by atoms with Crippen LogP contribution in [0.5, 0.6) is 17.2 Å². The van der Waals surface area contributed by atoms with E-state index in [4.69, 9.17) is 14.2 Å². The summed E-state index contributed by atoms with van der Waals surface area (Å²) in [6.07, 6.45) is 0.259. The molecule has 1 heterocycles. The number of hydrogen-bond acceptors (Lipinski definition) is 5. The Labute approximate surface area is 152 Å². The molecule has 0 saturated heterocycles. The molecule has 0 N–H and O–H groups in total. The summed E-state index contributed by atoms with van der Waals surface area (Å²) in [6, 6.07) is 14.9. The molecule has 26 heavy (non-hydrogen) atoms. The molecule has 0 saturated carbocycles. The summed E-state index contributed by atoms with van der Waals surface area (Å²) in [5.41, 5.74) is 2.48. The van der Waals surface area contributed by atoms with Gasteiger partial charge in [-0.25, -0.2) is 0 Å². The van der Waals surface area contributed by atoms with Crippen molar-refractivity contribution in [2.75, 3.05) is 20.8 Å². The number of ether oxygens (including phenoxy) is 3. The number of hydrogen-bond donors (Lipinski definition) is 0. The molecule has 0 bridgehead atoms. The molecule has 3 rings (SSSR count). The number of carbonyl (C=O) groups excluding carboxylic acids is 1. The van der Waals surface area contributed by atoms with E-state index in [0.29, 0.717) is 17.2 Å². The van der Waals surface area contributed by atoms with E-state index >= 15 is 0 Å². The molecule has 2 aromatic carbocycles. The van der Waals surface area contributed by atoms with E-state index < -0.39 is 0 Å². The Bertz CT molecular complexity index is 936. The maximum Gasteiger partial charge on any atom is 0.174 e. The van der Waals surface area contributed by atoms with Crippen molar-refractivity contribution in [2.45, 2.75) is 13.3 Å². The highest BCUT2D eigenvalue weighted by Gasteiger charge is 2.12. The number of fused-ring (bicyclic) bond motifs is 1. The minimum absolute atomic E-state index is 0.0200. The van der Waals surface area contributed by atoms with Gasteiger partial charge in [-0.2, -0.15) is 0 Å². The van der Waals surface area contributed by atoms with Crippen molar-refractivity contribution in [3.8, 4) is 17.2 Å². The molecule has 0 aliphatic rings. The van der Waals surface area contributed by atoms with Crippen LogP contribution in [0, 0.1) is 6.92 Å². The zero-order valence-electron chi connectivity index (χ0n) is 15.1. The first kappa shape index (κ1) is 17.7. The fraction of sp³-hybridized carbons (Fsp3) is 0.238. The summed E-state index contributed by atoms with van der Waals surface area (Å²) in [5.74, 6) is 2.02.